The van der Waals surface area contributed by atoms with Crippen molar-refractivity contribution in [2.24, 2.45) is 0 Å². The molecular formula is C12H15BrClNO. The third-order valence-corrected chi connectivity index (χ3v) is 3.09. The van der Waals surface area contributed by atoms with E-state index in [1.807, 2.05) is 18.2 Å². The fourth-order valence-electron chi connectivity index (χ4n) is 1.36. The van der Waals surface area contributed by atoms with E-state index in [1.165, 1.54) is 5.56 Å². The highest BCUT2D eigenvalue weighted by Gasteiger charge is 2.09. The number of halogens is 2. The Morgan fingerprint density at radius 2 is 2.31 bits per heavy atom. The Morgan fingerprint density at radius 3 is 2.81 bits per heavy atom. The van der Waals surface area contributed by atoms with Gasteiger partial charge in [-0.1, -0.05) is 40.2 Å². The first-order valence-electron chi connectivity index (χ1n) is 4.94. The lowest BCUT2D eigenvalue weighted by Crippen LogP contribution is -2.20. The molecule has 16 heavy (non-hydrogen) atoms. The molecule has 1 unspecified atom stereocenters. The summed E-state index contributed by atoms with van der Waals surface area (Å²) in [6.07, 6.45) is 0. The summed E-state index contributed by atoms with van der Waals surface area (Å²) < 4.78 is 6.16. The van der Waals surface area contributed by atoms with Crippen molar-refractivity contribution in [2.75, 3.05) is 13.7 Å². The predicted molar refractivity (Wildman–Crippen MR) is 72.1 cm³/mol. The van der Waals surface area contributed by atoms with Crippen molar-refractivity contribution in [2.45, 2.75) is 13.0 Å². The van der Waals surface area contributed by atoms with Gasteiger partial charge in [-0.05, 0) is 24.6 Å². The summed E-state index contributed by atoms with van der Waals surface area (Å²) in [5.41, 5.74) is 1.17. The van der Waals surface area contributed by atoms with Crippen LogP contribution in [0, 0.1) is 0 Å². The molecule has 0 fully saturated rings. The Balaban J connectivity index is 2.75. The van der Waals surface area contributed by atoms with E-state index < -0.39 is 0 Å². The first-order valence-corrected chi connectivity index (χ1v) is 6.11. The number of methoxy groups -OCH3 is 1. The van der Waals surface area contributed by atoms with Crippen LogP contribution in [-0.4, -0.2) is 13.7 Å². The summed E-state index contributed by atoms with van der Waals surface area (Å²) in [6.45, 7) is 6.32. The van der Waals surface area contributed by atoms with Crippen molar-refractivity contribution >= 4 is 27.5 Å². The van der Waals surface area contributed by atoms with Gasteiger partial charge in [-0.25, -0.2) is 0 Å². The topological polar surface area (TPSA) is 21.3 Å². The lowest BCUT2D eigenvalue weighted by Gasteiger charge is -2.16. The van der Waals surface area contributed by atoms with Crippen LogP contribution in [0.3, 0.4) is 0 Å². The first kappa shape index (κ1) is 13.6. The van der Waals surface area contributed by atoms with Crippen LogP contribution in [0.4, 0.5) is 0 Å². The second-order valence-electron chi connectivity index (χ2n) is 3.51. The molecule has 1 aromatic carbocycles. The Hall–Kier alpha value is -0.510. The zero-order chi connectivity index (χ0) is 12.1. The molecule has 2 nitrogen and oxygen atoms in total. The molecule has 0 saturated heterocycles. The maximum atomic E-state index is 5.71. The van der Waals surface area contributed by atoms with Crippen LogP contribution in [0.1, 0.15) is 18.5 Å². The Morgan fingerprint density at radius 1 is 1.62 bits per heavy atom. The summed E-state index contributed by atoms with van der Waals surface area (Å²) in [5.74, 6) is 0.838. The largest absolute Gasteiger partial charge is 0.497 e. The van der Waals surface area contributed by atoms with Crippen molar-refractivity contribution in [3.05, 3.63) is 39.8 Å². The highest BCUT2D eigenvalue weighted by atomic mass is 79.9. The van der Waals surface area contributed by atoms with E-state index in [1.54, 1.807) is 7.11 Å². The van der Waals surface area contributed by atoms with E-state index in [0.717, 1.165) is 10.2 Å². The van der Waals surface area contributed by atoms with Crippen LogP contribution in [0.25, 0.3) is 0 Å². The number of ether oxygens (including phenoxy) is 1. The zero-order valence-corrected chi connectivity index (χ0v) is 11.7. The molecule has 0 aliphatic carbocycles. The molecule has 0 aromatic heterocycles. The van der Waals surface area contributed by atoms with Gasteiger partial charge >= 0.3 is 0 Å². The standard InChI is InChI=1S/C12H15BrClNO/c1-8(14)7-15-9(2)11-5-4-10(16-3)6-12(11)13/h4-6,9,15H,1,7H2,2-3H3. The second-order valence-corrected chi connectivity index (χ2v) is 4.90. The molecule has 1 N–H and O–H groups in total. The smallest absolute Gasteiger partial charge is 0.120 e. The van der Waals surface area contributed by atoms with Gasteiger partial charge < -0.3 is 10.1 Å². The molecule has 0 radical (unpaired) electrons. The van der Waals surface area contributed by atoms with Crippen molar-refractivity contribution < 1.29 is 4.74 Å². The van der Waals surface area contributed by atoms with E-state index >= 15 is 0 Å². The van der Waals surface area contributed by atoms with E-state index in [9.17, 15) is 0 Å². The number of nitrogens with one attached hydrogen (secondary N) is 1. The summed E-state index contributed by atoms with van der Waals surface area (Å²) in [5, 5.41) is 3.88. The molecule has 0 amide bonds. The number of benzene rings is 1. The van der Waals surface area contributed by atoms with Crippen LogP contribution < -0.4 is 10.1 Å². The minimum Gasteiger partial charge on any atom is -0.497 e. The van der Waals surface area contributed by atoms with Gasteiger partial charge in [0.15, 0.2) is 0 Å². The zero-order valence-electron chi connectivity index (χ0n) is 9.39. The van der Waals surface area contributed by atoms with Gasteiger partial charge in [0.05, 0.1) is 7.11 Å². The predicted octanol–water partition coefficient (Wildman–Crippen LogP) is 3.86. The molecule has 4 heteroatoms. The minimum absolute atomic E-state index is 0.204. The summed E-state index contributed by atoms with van der Waals surface area (Å²) in [6, 6.07) is 6.12. The lowest BCUT2D eigenvalue weighted by molar-refractivity contribution is 0.414. The second kappa shape index (κ2) is 6.28. The maximum Gasteiger partial charge on any atom is 0.120 e. The molecule has 0 aliphatic heterocycles. The van der Waals surface area contributed by atoms with Crippen LogP contribution in [0.2, 0.25) is 0 Å². The molecular weight excluding hydrogens is 289 g/mol. The SMILES string of the molecule is C=C(Cl)CNC(C)c1ccc(OC)cc1Br. The van der Waals surface area contributed by atoms with Crippen LogP contribution in [-0.2, 0) is 0 Å². The van der Waals surface area contributed by atoms with Gasteiger partial charge in [-0.3, -0.25) is 0 Å². The highest BCUT2D eigenvalue weighted by molar-refractivity contribution is 9.10. The Kier molecular flexibility index (Phi) is 5.32. The number of hydrogen-bond donors (Lipinski definition) is 1. The van der Waals surface area contributed by atoms with E-state index in [0.29, 0.717) is 11.6 Å². The number of hydrogen-bond acceptors (Lipinski definition) is 2. The van der Waals surface area contributed by atoms with Gasteiger partial charge in [-0.2, -0.15) is 0 Å². The summed E-state index contributed by atoms with van der Waals surface area (Å²) in [4.78, 5) is 0. The molecule has 0 aliphatic rings. The van der Waals surface area contributed by atoms with Gasteiger partial charge in [0.25, 0.3) is 0 Å². The van der Waals surface area contributed by atoms with E-state index in [2.05, 4.69) is 34.7 Å². The third-order valence-electron chi connectivity index (χ3n) is 2.27. The van der Waals surface area contributed by atoms with Crippen LogP contribution >= 0.6 is 27.5 Å². The average Bonchev–Trinajstić information content (AvgIpc) is 2.25. The van der Waals surface area contributed by atoms with Crippen molar-refractivity contribution in [1.29, 1.82) is 0 Å². The van der Waals surface area contributed by atoms with E-state index in [-0.39, 0.29) is 6.04 Å². The maximum absolute atomic E-state index is 5.71. The fourth-order valence-corrected chi connectivity index (χ4v) is 2.14. The quantitative estimate of drug-likeness (QED) is 0.892. The molecule has 0 spiro atoms. The fraction of sp³-hybridized carbons (Fsp3) is 0.333. The molecule has 0 heterocycles. The minimum atomic E-state index is 0.204. The average molecular weight is 305 g/mol. The third kappa shape index (κ3) is 3.81. The van der Waals surface area contributed by atoms with Crippen molar-refractivity contribution in [3.63, 3.8) is 0 Å². The van der Waals surface area contributed by atoms with Gasteiger partial charge in [-0.15, -0.1) is 0 Å². The van der Waals surface area contributed by atoms with Gasteiger partial charge in [0, 0.05) is 22.1 Å². The summed E-state index contributed by atoms with van der Waals surface area (Å²) in [7, 11) is 1.65. The molecule has 0 bridgehead atoms. The van der Waals surface area contributed by atoms with Crippen LogP contribution in [0.5, 0.6) is 5.75 Å². The lowest BCUT2D eigenvalue weighted by atomic mass is 10.1. The van der Waals surface area contributed by atoms with Crippen LogP contribution in [0.15, 0.2) is 34.3 Å². The van der Waals surface area contributed by atoms with E-state index in [4.69, 9.17) is 16.3 Å². The Bertz CT molecular complexity index is 381. The molecule has 1 atom stereocenters. The number of rotatable bonds is 5. The summed E-state index contributed by atoms with van der Waals surface area (Å²) >= 11 is 9.23. The van der Waals surface area contributed by atoms with Gasteiger partial charge in [0.1, 0.15) is 5.75 Å². The molecule has 88 valence electrons. The Labute approximate surface area is 110 Å². The normalized spacial score (nSPS) is 12.2. The van der Waals surface area contributed by atoms with Crippen molar-refractivity contribution in [3.8, 4) is 5.75 Å². The molecule has 1 rings (SSSR count). The molecule has 0 saturated carbocycles. The first-order chi connectivity index (χ1) is 7.54. The van der Waals surface area contributed by atoms with Gasteiger partial charge in [0.2, 0.25) is 0 Å². The monoisotopic (exact) mass is 303 g/mol. The van der Waals surface area contributed by atoms with Crippen molar-refractivity contribution in [1.82, 2.24) is 5.32 Å². The highest BCUT2D eigenvalue weighted by Crippen LogP contribution is 2.27. The molecule has 1 aromatic rings.